The zero-order valence-corrected chi connectivity index (χ0v) is 13.6. The van der Waals surface area contributed by atoms with Gasteiger partial charge in [0, 0.05) is 5.56 Å². The maximum absolute atomic E-state index is 11.4. The molecule has 2 atom stereocenters. The van der Waals surface area contributed by atoms with Crippen molar-refractivity contribution in [3.63, 3.8) is 0 Å². The fourth-order valence-electron chi connectivity index (χ4n) is 1.93. The number of hydrogen-bond donors (Lipinski definition) is 0. The summed E-state index contributed by atoms with van der Waals surface area (Å²) in [6.07, 6.45) is 4.62. The second-order valence-corrected chi connectivity index (χ2v) is 5.59. The maximum Gasteiger partial charge on any atom is 0.305 e. The Labute approximate surface area is 139 Å². The first kappa shape index (κ1) is 17.2. The molecule has 0 N–H and O–H groups in total. The Bertz CT molecular complexity index is 679. The lowest BCUT2D eigenvalue weighted by atomic mass is 10.1. The number of para-hydroxylation sites is 1. The zero-order valence-electron chi connectivity index (χ0n) is 12.8. The molecule has 0 spiro atoms. The van der Waals surface area contributed by atoms with Gasteiger partial charge in [-0.3, -0.25) is 8.37 Å². The summed E-state index contributed by atoms with van der Waals surface area (Å²) >= 11 is -1.87. The van der Waals surface area contributed by atoms with E-state index in [1.165, 1.54) is 0 Å². The molecule has 0 fully saturated rings. The van der Waals surface area contributed by atoms with Crippen LogP contribution in [0, 0.1) is 12.3 Å². The molecule has 23 heavy (non-hydrogen) atoms. The molecule has 0 bridgehead atoms. The molecule has 0 saturated heterocycles. The number of ether oxygens (including phenoxy) is 1. The van der Waals surface area contributed by atoms with E-state index in [-0.39, 0.29) is 13.2 Å². The summed E-state index contributed by atoms with van der Waals surface area (Å²) in [4.78, 5) is 0. The van der Waals surface area contributed by atoms with E-state index in [4.69, 9.17) is 19.5 Å². The predicted octanol–water partition coefficient (Wildman–Crippen LogP) is 3.37. The maximum atomic E-state index is 11.4. The summed E-state index contributed by atoms with van der Waals surface area (Å²) in [5.41, 5.74) is 2.06. The lowest BCUT2D eigenvalue weighted by Gasteiger charge is -2.15. The van der Waals surface area contributed by atoms with Crippen molar-refractivity contribution >= 4 is 11.4 Å². The first-order chi connectivity index (χ1) is 11.2. The van der Waals surface area contributed by atoms with Gasteiger partial charge in [-0.1, -0.05) is 54.5 Å². The number of hydrogen-bond acceptors (Lipinski definition) is 4. The fraction of sp³-hybridized carbons (Fsp3) is 0.222. The summed E-state index contributed by atoms with van der Waals surface area (Å²) < 4.78 is 27.1. The molecule has 0 heterocycles. The summed E-state index contributed by atoms with van der Waals surface area (Å²) in [5.74, 6) is 2.97. The molecule has 0 aromatic heterocycles. The van der Waals surface area contributed by atoms with Crippen molar-refractivity contribution in [3.8, 4) is 29.2 Å². The van der Waals surface area contributed by atoms with E-state index in [1.807, 2.05) is 54.6 Å². The van der Waals surface area contributed by atoms with Crippen molar-refractivity contribution in [1.82, 2.24) is 0 Å². The molecule has 2 aromatic carbocycles. The molecule has 2 rings (SSSR count). The third-order valence-corrected chi connectivity index (χ3v) is 3.72. The lowest BCUT2D eigenvalue weighted by Crippen LogP contribution is -2.20. The van der Waals surface area contributed by atoms with Crippen LogP contribution in [0.15, 0.2) is 54.6 Å². The van der Waals surface area contributed by atoms with Crippen LogP contribution in [0.3, 0.4) is 0 Å². The van der Waals surface area contributed by atoms with Gasteiger partial charge in [0.2, 0.25) is 0 Å². The Balaban J connectivity index is 1.96. The van der Waals surface area contributed by atoms with Crippen molar-refractivity contribution in [2.24, 2.45) is 0 Å². The summed E-state index contributed by atoms with van der Waals surface area (Å²) in [6.45, 7) is 1.94. The van der Waals surface area contributed by atoms with Crippen LogP contribution in [0.1, 0.15) is 6.92 Å². The van der Waals surface area contributed by atoms with Gasteiger partial charge in [-0.2, -0.15) is 4.21 Å². The Hall–Kier alpha value is -2.13. The van der Waals surface area contributed by atoms with Crippen molar-refractivity contribution < 1.29 is 17.3 Å². The van der Waals surface area contributed by atoms with E-state index in [2.05, 4.69) is 5.92 Å². The monoisotopic (exact) mass is 330 g/mol. The van der Waals surface area contributed by atoms with Gasteiger partial charge in [0.25, 0.3) is 0 Å². The van der Waals surface area contributed by atoms with Gasteiger partial charge < -0.3 is 4.74 Å². The Morgan fingerprint density at radius 2 is 1.83 bits per heavy atom. The topological polar surface area (TPSA) is 44.8 Å². The van der Waals surface area contributed by atoms with E-state index in [0.29, 0.717) is 0 Å². The van der Waals surface area contributed by atoms with Crippen LogP contribution in [0.5, 0.6) is 5.75 Å². The number of terminal acetylenes is 1. The average Bonchev–Trinajstić information content (AvgIpc) is 2.59. The first-order valence-electron chi connectivity index (χ1n) is 7.13. The molecule has 5 heteroatoms. The number of benzene rings is 2. The fourth-order valence-corrected chi connectivity index (χ4v) is 2.47. The van der Waals surface area contributed by atoms with Crippen LogP contribution in [0.25, 0.3) is 11.1 Å². The molecule has 2 aromatic rings. The van der Waals surface area contributed by atoms with Crippen LogP contribution in [-0.2, 0) is 19.7 Å². The highest BCUT2D eigenvalue weighted by Gasteiger charge is 2.11. The molecule has 0 aliphatic carbocycles. The highest BCUT2D eigenvalue weighted by molar-refractivity contribution is 7.75. The molecule has 0 radical (unpaired) electrons. The summed E-state index contributed by atoms with van der Waals surface area (Å²) in [6, 6.07) is 17.7. The van der Waals surface area contributed by atoms with E-state index < -0.39 is 17.5 Å². The molecule has 0 saturated carbocycles. The quantitative estimate of drug-likeness (QED) is 0.696. The third kappa shape index (κ3) is 5.53. The normalized spacial score (nSPS) is 13.0. The largest absolute Gasteiger partial charge is 0.490 e. The van der Waals surface area contributed by atoms with Crippen LogP contribution in [0.2, 0.25) is 0 Å². The van der Waals surface area contributed by atoms with Gasteiger partial charge in [0.05, 0.1) is 0 Å². The molecule has 4 nitrogen and oxygen atoms in total. The van der Waals surface area contributed by atoms with E-state index >= 15 is 0 Å². The van der Waals surface area contributed by atoms with E-state index in [9.17, 15) is 4.21 Å². The smallest absolute Gasteiger partial charge is 0.305 e. The predicted molar refractivity (Wildman–Crippen MR) is 90.8 cm³/mol. The molecule has 2 unspecified atom stereocenters. The summed E-state index contributed by atoms with van der Waals surface area (Å²) in [5, 5.41) is 0. The van der Waals surface area contributed by atoms with Gasteiger partial charge in [-0.15, -0.1) is 6.42 Å². The Morgan fingerprint density at radius 3 is 2.57 bits per heavy atom. The lowest BCUT2D eigenvalue weighted by molar-refractivity contribution is 0.139. The Kier molecular flexibility index (Phi) is 6.82. The van der Waals surface area contributed by atoms with E-state index in [1.54, 1.807) is 6.92 Å². The van der Waals surface area contributed by atoms with Gasteiger partial charge in [0.1, 0.15) is 25.1 Å². The molecule has 120 valence electrons. The minimum atomic E-state index is -1.87. The van der Waals surface area contributed by atoms with Crippen LogP contribution >= 0.6 is 0 Å². The highest BCUT2D eigenvalue weighted by Crippen LogP contribution is 2.29. The average molecular weight is 330 g/mol. The molecule has 0 aliphatic heterocycles. The van der Waals surface area contributed by atoms with Crippen LogP contribution in [0.4, 0.5) is 0 Å². The van der Waals surface area contributed by atoms with Gasteiger partial charge >= 0.3 is 11.4 Å². The standard InChI is InChI=1S/C18H18O4S/c1-3-13-21-23(19)22-15(2)14-20-18-12-8-7-11-17(18)16-9-5-4-6-10-16/h1,4-12,15H,13-14H2,2H3. The molecular formula is C18H18O4S. The highest BCUT2D eigenvalue weighted by atomic mass is 32.2. The van der Waals surface area contributed by atoms with Gasteiger partial charge in [-0.25, -0.2) is 0 Å². The summed E-state index contributed by atoms with van der Waals surface area (Å²) in [7, 11) is 0. The van der Waals surface area contributed by atoms with Crippen LogP contribution < -0.4 is 4.74 Å². The SMILES string of the molecule is C#CCOS(=O)OC(C)COc1ccccc1-c1ccccc1. The van der Waals surface area contributed by atoms with Crippen molar-refractivity contribution in [3.05, 3.63) is 54.6 Å². The minimum absolute atomic E-state index is 0.0585. The van der Waals surface area contributed by atoms with Crippen molar-refractivity contribution in [2.45, 2.75) is 13.0 Å². The molecular weight excluding hydrogens is 312 g/mol. The van der Waals surface area contributed by atoms with Gasteiger partial charge in [0.15, 0.2) is 0 Å². The second kappa shape index (κ2) is 9.11. The molecule has 0 amide bonds. The number of rotatable bonds is 8. The van der Waals surface area contributed by atoms with E-state index in [0.717, 1.165) is 16.9 Å². The first-order valence-corrected chi connectivity index (χ1v) is 8.13. The van der Waals surface area contributed by atoms with Crippen molar-refractivity contribution in [1.29, 1.82) is 0 Å². The van der Waals surface area contributed by atoms with Gasteiger partial charge in [-0.05, 0) is 18.6 Å². The Morgan fingerprint density at radius 1 is 1.13 bits per heavy atom. The zero-order chi connectivity index (χ0) is 16.5. The van der Waals surface area contributed by atoms with Crippen LogP contribution in [-0.4, -0.2) is 23.5 Å². The molecule has 0 aliphatic rings. The second-order valence-electron chi connectivity index (χ2n) is 4.75. The van der Waals surface area contributed by atoms with Crippen molar-refractivity contribution in [2.75, 3.05) is 13.2 Å². The minimum Gasteiger partial charge on any atom is -0.490 e. The third-order valence-electron chi connectivity index (χ3n) is 2.93.